The monoisotopic (exact) mass is 420 g/mol. The van der Waals surface area contributed by atoms with Crippen LogP contribution in [0.5, 0.6) is 5.75 Å². The highest BCUT2D eigenvalue weighted by atomic mass is 19.1. The molecule has 2 aliphatic heterocycles. The Morgan fingerprint density at radius 1 is 1.29 bits per heavy atom. The number of fused-ring (bicyclic) bond motifs is 2. The topological polar surface area (TPSA) is 88.8 Å². The summed E-state index contributed by atoms with van der Waals surface area (Å²) in [6, 6.07) is 5.19. The average Bonchev–Trinajstić information content (AvgIpc) is 3.38. The first kappa shape index (κ1) is 19.8. The third-order valence-electron chi connectivity index (χ3n) is 6.78. The van der Waals surface area contributed by atoms with Gasteiger partial charge in [-0.15, -0.1) is 10.2 Å². The predicted octanol–water partition coefficient (Wildman–Crippen LogP) is 3.70. The molecule has 0 amide bonds. The van der Waals surface area contributed by atoms with Crippen LogP contribution >= 0.6 is 0 Å². The van der Waals surface area contributed by atoms with Gasteiger partial charge in [-0.05, 0) is 50.8 Å². The fraction of sp³-hybridized carbons (Fsp3) is 0.391. The van der Waals surface area contributed by atoms with Crippen molar-refractivity contribution in [3.8, 4) is 22.8 Å². The SMILES string of the molecule is C=C(c1cnc(-c2ccc(-n3ccnc3)cc2O)nn1)[C@H]1C[C@]2(C)CC[C@@](C)(N2)[C@H]1F. The van der Waals surface area contributed by atoms with Crippen LogP contribution in [0.15, 0.2) is 49.7 Å². The molecule has 0 saturated carbocycles. The summed E-state index contributed by atoms with van der Waals surface area (Å²) in [7, 11) is 0. The van der Waals surface area contributed by atoms with Crippen molar-refractivity contribution >= 4 is 5.57 Å². The Balaban J connectivity index is 1.39. The summed E-state index contributed by atoms with van der Waals surface area (Å²) in [6.07, 6.45) is 8.06. The van der Waals surface area contributed by atoms with Crippen molar-refractivity contribution in [2.75, 3.05) is 0 Å². The molecule has 2 aromatic heterocycles. The average molecular weight is 420 g/mol. The number of benzene rings is 1. The van der Waals surface area contributed by atoms with Crippen LogP contribution in [0.25, 0.3) is 22.6 Å². The lowest BCUT2D eigenvalue weighted by atomic mass is 9.75. The van der Waals surface area contributed by atoms with E-state index in [1.807, 2.05) is 13.0 Å². The molecule has 0 spiro atoms. The number of halogens is 1. The zero-order valence-electron chi connectivity index (χ0n) is 17.6. The van der Waals surface area contributed by atoms with Crippen LogP contribution in [0.4, 0.5) is 4.39 Å². The highest BCUT2D eigenvalue weighted by Crippen LogP contribution is 2.49. The van der Waals surface area contributed by atoms with Gasteiger partial charge >= 0.3 is 0 Å². The number of piperidine rings is 1. The lowest BCUT2D eigenvalue weighted by Crippen LogP contribution is -2.60. The fourth-order valence-corrected chi connectivity index (χ4v) is 5.06. The van der Waals surface area contributed by atoms with Gasteiger partial charge in [-0.1, -0.05) is 6.58 Å². The Labute approximate surface area is 180 Å². The van der Waals surface area contributed by atoms with E-state index in [0.29, 0.717) is 29.1 Å². The number of phenolic OH excluding ortho intramolecular Hbond substituents is 1. The van der Waals surface area contributed by atoms with Crippen molar-refractivity contribution in [3.63, 3.8) is 0 Å². The molecule has 7 nitrogen and oxygen atoms in total. The summed E-state index contributed by atoms with van der Waals surface area (Å²) in [5, 5.41) is 22.4. The molecular formula is C23H25FN6O. The van der Waals surface area contributed by atoms with Crippen molar-refractivity contribution in [3.05, 3.63) is 55.4 Å². The standard InChI is InChI=1S/C23H25FN6O/c1-14(17-11-22(2)6-7-23(3,29-22)20(17)24)18-12-26-21(28-27-18)16-5-4-15(10-19(16)31)30-9-8-25-13-30/h4-5,8-10,12-13,17,20,29,31H,1,6-7,11H2,2-3H3/t17-,20+,22+,23-/m1/s1. The number of aromatic hydroxyl groups is 1. The smallest absolute Gasteiger partial charge is 0.185 e. The van der Waals surface area contributed by atoms with Crippen molar-refractivity contribution in [2.45, 2.75) is 50.4 Å². The Kier molecular flexibility index (Phi) is 4.44. The van der Waals surface area contributed by atoms with Crippen LogP contribution < -0.4 is 5.32 Å². The van der Waals surface area contributed by atoms with Crippen LogP contribution in [0.3, 0.4) is 0 Å². The van der Waals surface area contributed by atoms with Crippen LogP contribution in [0, 0.1) is 5.92 Å². The Hall–Kier alpha value is -3.13. The number of nitrogens with one attached hydrogen (secondary N) is 1. The normalized spacial score (nSPS) is 29.8. The summed E-state index contributed by atoms with van der Waals surface area (Å²) >= 11 is 0. The maximum atomic E-state index is 15.3. The number of imidazole rings is 1. The van der Waals surface area contributed by atoms with E-state index in [1.165, 1.54) is 0 Å². The van der Waals surface area contributed by atoms with E-state index in [0.717, 1.165) is 18.5 Å². The van der Waals surface area contributed by atoms with Crippen LogP contribution in [-0.2, 0) is 0 Å². The van der Waals surface area contributed by atoms with Crippen LogP contribution in [-0.4, -0.2) is 47.1 Å². The van der Waals surface area contributed by atoms with Gasteiger partial charge in [0.05, 0.1) is 23.8 Å². The zero-order chi connectivity index (χ0) is 21.8. The molecule has 2 saturated heterocycles. The molecule has 5 rings (SSSR count). The molecule has 0 unspecified atom stereocenters. The molecule has 0 aliphatic carbocycles. The Morgan fingerprint density at radius 3 is 2.81 bits per heavy atom. The van der Waals surface area contributed by atoms with Gasteiger partial charge < -0.3 is 15.0 Å². The van der Waals surface area contributed by atoms with Crippen molar-refractivity contribution in [1.82, 2.24) is 30.0 Å². The van der Waals surface area contributed by atoms with Gasteiger partial charge in [0.1, 0.15) is 17.6 Å². The minimum absolute atomic E-state index is 0.0409. The number of rotatable bonds is 4. The summed E-state index contributed by atoms with van der Waals surface area (Å²) in [4.78, 5) is 8.39. The van der Waals surface area contributed by atoms with Gasteiger partial charge in [-0.3, -0.25) is 0 Å². The maximum Gasteiger partial charge on any atom is 0.185 e. The van der Waals surface area contributed by atoms with E-state index in [9.17, 15) is 5.11 Å². The Morgan fingerprint density at radius 2 is 2.13 bits per heavy atom. The van der Waals surface area contributed by atoms with E-state index in [1.54, 1.807) is 41.6 Å². The first-order valence-corrected chi connectivity index (χ1v) is 10.4. The molecule has 1 aromatic carbocycles. The van der Waals surface area contributed by atoms with E-state index in [2.05, 4.69) is 39.0 Å². The van der Waals surface area contributed by atoms with Gasteiger partial charge in [-0.2, -0.15) is 0 Å². The molecule has 2 fully saturated rings. The third-order valence-corrected chi connectivity index (χ3v) is 6.78. The lowest BCUT2D eigenvalue weighted by molar-refractivity contribution is 0.0770. The number of aromatic nitrogens is 5. The molecule has 3 aromatic rings. The summed E-state index contributed by atoms with van der Waals surface area (Å²) < 4.78 is 17.1. The number of phenols is 1. The first-order chi connectivity index (χ1) is 14.8. The molecule has 160 valence electrons. The van der Waals surface area contributed by atoms with Crippen LogP contribution in [0.2, 0.25) is 0 Å². The molecular weight excluding hydrogens is 395 g/mol. The van der Waals surface area contributed by atoms with Gasteiger partial charge in [0, 0.05) is 35.5 Å². The predicted molar refractivity (Wildman–Crippen MR) is 115 cm³/mol. The molecule has 4 atom stereocenters. The van der Waals surface area contributed by atoms with Gasteiger partial charge in [-0.25, -0.2) is 14.4 Å². The van der Waals surface area contributed by atoms with Gasteiger partial charge in [0.25, 0.3) is 0 Å². The second-order valence-corrected chi connectivity index (χ2v) is 9.18. The second-order valence-electron chi connectivity index (χ2n) is 9.18. The summed E-state index contributed by atoms with van der Waals surface area (Å²) in [6.45, 7) is 8.25. The van der Waals surface area contributed by atoms with E-state index >= 15 is 4.39 Å². The Bertz CT molecular complexity index is 1130. The van der Waals surface area contributed by atoms with E-state index < -0.39 is 11.7 Å². The highest BCUT2D eigenvalue weighted by Gasteiger charge is 2.55. The van der Waals surface area contributed by atoms with Gasteiger partial charge in [0.2, 0.25) is 0 Å². The number of hydrogen-bond acceptors (Lipinski definition) is 6. The minimum atomic E-state index is -1.04. The zero-order valence-corrected chi connectivity index (χ0v) is 17.6. The first-order valence-electron chi connectivity index (χ1n) is 10.4. The van der Waals surface area contributed by atoms with Crippen molar-refractivity contribution in [1.29, 1.82) is 0 Å². The van der Waals surface area contributed by atoms with Crippen molar-refractivity contribution < 1.29 is 9.50 Å². The van der Waals surface area contributed by atoms with E-state index in [4.69, 9.17) is 0 Å². The van der Waals surface area contributed by atoms with Crippen LogP contribution in [0.1, 0.15) is 38.8 Å². The minimum Gasteiger partial charge on any atom is -0.507 e. The molecule has 4 heterocycles. The lowest BCUT2D eigenvalue weighted by Gasteiger charge is -2.45. The molecule has 2 aliphatic rings. The molecule has 2 N–H and O–H groups in total. The molecule has 2 bridgehead atoms. The van der Waals surface area contributed by atoms with Crippen molar-refractivity contribution in [2.24, 2.45) is 5.92 Å². The summed E-state index contributed by atoms with van der Waals surface area (Å²) in [5.74, 6) is 0.00933. The van der Waals surface area contributed by atoms with E-state index in [-0.39, 0.29) is 17.2 Å². The number of allylic oxidation sites excluding steroid dienone is 1. The highest BCUT2D eigenvalue weighted by molar-refractivity contribution is 5.67. The fourth-order valence-electron chi connectivity index (χ4n) is 5.06. The third kappa shape index (κ3) is 3.31. The molecule has 31 heavy (non-hydrogen) atoms. The number of nitrogens with zero attached hydrogens (tertiary/aromatic N) is 5. The largest absolute Gasteiger partial charge is 0.507 e. The number of alkyl halides is 1. The maximum absolute atomic E-state index is 15.3. The summed E-state index contributed by atoms with van der Waals surface area (Å²) in [5.41, 5.74) is 1.72. The second kappa shape index (κ2) is 6.95. The quantitative estimate of drug-likeness (QED) is 0.669. The molecule has 8 heteroatoms. The molecule has 0 radical (unpaired) electrons. The number of hydrogen-bond donors (Lipinski definition) is 2. The van der Waals surface area contributed by atoms with Gasteiger partial charge in [0.15, 0.2) is 5.82 Å².